The molecule has 2 N–H and O–H groups in total. The Morgan fingerprint density at radius 1 is 0.812 bits per heavy atom. The zero-order valence-corrected chi connectivity index (χ0v) is 11.6. The van der Waals surface area contributed by atoms with Crippen molar-refractivity contribution in [3.05, 3.63) is 0 Å². The Morgan fingerprint density at radius 3 is 1.69 bits per heavy atom. The normalized spacial score (nSPS) is 12.0. The van der Waals surface area contributed by atoms with E-state index >= 15 is 0 Å². The second-order valence-electron chi connectivity index (χ2n) is 5.46. The van der Waals surface area contributed by atoms with Crippen molar-refractivity contribution in [1.29, 1.82) is 0 Å². The van der Waals surface area contributed by atoms with E-state index in [0.29, 0.717) is 0 Å². The molecule has 16 heavy (non-hydrogen) atoms. The summed E-state index contributed by atoms with van der Waals surface area (Å²) in [7, 11) is 0. The van der Waals surface area contributed by atoms with Crippen LogP contribution in [0.25, 0.3) is 0 Å². The third-order valence-electron chi connectivity index (χ3n) is 3.20. The monoisotopic (exact) mass is 229 g/mol. The van der Waals surface area contributed by atoms with Crippen LogP contribution in [-0.2, 0) is 4.84 Å². The largest absolute Gasteiger partial charge is 0.299 e. The topological polar surface area (TPSA) is 35.2 Å². The highest BCUT2D eigenvalue weighted by molar-refractivity contribution is 4.66. The van der Waals surface area contributed by atoms with Gasteiger partial charge in [0.25, 0.3) is 0 Å². The molecule has 2 heteroatoms. The number of rotatable bonds is 11. The average Bonchev–Trinajstić information content (AvgIpc) is 2.27. The van der Waals surface area contributed by atoms with Gasteiger partial charge in [0, 0.05) is 0 Å². The van der Waals surface area contributed by atoms with Gasteiger partial charge in [-0.05, 0) is 20.3 Å². The zero-order valence-electron chi connectivity index (χ0n) is 11.6. The third-order valence-corrected chi connectivity index (χ3v) is 3.20. The summed E-state index contributed by atoms with van der Waals surface area (Å²) in [6, 6.07) is 0. The Labute approximate surface area is 102 Å². The van der Waals surface area contributed by atoms with Gasteiger partial charge >= 0.3 is 0 Å². The van der Waals surface area contributed by atoms with E-state index in [1.54, 1.807) is 0 Å². The van der Waals surface area contributed by atoms with Crippen molar-refractivity contribution in [1.82, 2.24) is 0 Å². The summed E-state index contributed by atoms with van der Waals surface area (Å²) in [6.45, 7) is 6.37. The molecule has 0 amide bonds. The summed E-state index contributed by atoms with van der Waals surface area (Å²) in [4.78, 5) is 4.91. The van der Waals surface area contributed by atoms with Crippen LogP contribution in [0.5, 0.6) is 0 Å². The molecule has 0 aliphatic carbocycles. The highest BCUT2D eigenvalue weighted by Crippen LogP contribution is 2.17. The van der Waals surface area contributed by atoms with Crippen LogP contribution >= 0.6 is 0 Å². The van der Waals surface area contributed by atoms with Crippen molar-refractivity contribution in [2.24, 2.45) is 5.90 Å². The molecule has 0 aromatic rings. The van der Waals surface area contributed by atoms with Crippen molar-refractivity contribution in [2.45, 2.75) is 90.6 Å². The molecule has 0 aliphatic rings. The van der Waals surface area contributed by atoms with E-state index in [4.69, 9.17) is 10.7 Å². The molecule has 2 nitrogen and oxygen atoms in total. The molecular formula is C14H31NO. The lowest BCUT2D eigenvalue weighted by atomic mass is 9.99. The third kappa shape index (κ3) is 10.4. The Morgan fingerprint density at radius 2 is 1.25 bits per heavy atom. The highest BCUT2D eigenvalue weighted by Gasteiger charge is 2.15. The maximum Gasteiger partial charge on any atom is 0.0838 e. The number of nitrogens with two attached hydrogens (primary N) is 1. The van der Waals surface area contributed by atoms with Crippen LogP contribution in [0.2, 0.25) is 0 Å². The SMILES string of the molecule is CCCCCCCCCCCC(C)(C)ON. The second-order valence-corrected chi connectivity index (χ2v) is 5.46. The Kier molecular flexibility index (Phi) is 10.0. The van der Waals surface area contributed by atoms with Gasteiger partial charge in [0.05, 0.1) is 5.60 Å². The smallest absolute Gasteiger partial charge is 0.0838 e. The van der Waals surface area contributed by atoms with E-state index in [1.165, 1.54) is 57.8 Å². The first-order valence-corrected chi connectivity index (χ1v) is 7.00. The van der Waals surface area contributed by atoms with Gasteiger partial charge in [0.2, 0.25) is 0 Å². The van der Waals surface area contributed by atoms with Gasteiger partial charge in [-0.3, -0.25) is 4.84 Å². The zero-order chi connectivity index (χ0) is 12.3. The average molecular weight is 229 g/mol. The molecule has 0 atom stereocenters. The first kappa shape index (κ1) is 15.9. The highest BCUT2D eigenvalue weighted by atomic mass is 16.6. The molecule has 0 aromatic heterocycles. The summed E-state index contributed by atoms with van der Waals surface area (Å²) >= 11 is 0. The quantitative estimate of drug-likeness (QED) is 0.416. The predicted octanol–water partition coefficient (Wildman–Crippen LogP) is 4.58. The van der Waals surface area contributed by atoms with Gasteiger partial charge < -0.3 is 0 Å². The lowest BCUT2D eigenvalue weighted by Crippen LogP contribution is -2.27. The van der Waals surface area contributed by atoms with E-state index in [2.05, 4.69) is 20.8 Å². The van der Waals surface area contributed by atoms with Crippen molar-refractivity contribution >= 4 is 0 Å². The molecule has 98 valence electrons. The maximum absolute atomic E-state index is 5.22. The van der Waals surface area contributed by atoms with Crippen LogP contribution in [0, 0.1) is 0 Å². The van der Waals surface area contributed by atoms with Gasteiger partial charge in [-0.2, -0.15) is 0 Å². The van der Waals surface area contributed by atoms with Crippen LogP contribution in [0.3, 0.4) is 0 Å². The molecule has 0 aliphatic heterocycles. The van der Waals surface area contributed by atoms with Crippen molar-refractivity contribution in [2.75, 3.05) is 0 Å². The minimum absolute atomic E-state index is 0.138. The molecular weight excluding hydrogens is 198 g/mol. The maximum atomic E-state index is 5.22. The van der Waals surface area contributed by atoms with Crippen molar-refractivity contribution in [3.8, 4) is 0 Å². The van der Waals surface area contributed by atoms with E-state index in [9.17, 15) is 0 Å². The molecule has 0 rings (SSSR count). The Bertz CT molecular complexity index is 146. The van der Waals surface area contributed by atoms with E-state index in [-0.39, 0.29) is 5.60 Å². The first-order valence-electron chi connectivity index (χ1n) is 7.00. The Balaban J connectivity index is 3.10. The second kappa shape index (κ2) is 10.1. The van der Waals surface area contributed by atoms with Gasteiger partial charge in [0.15, 0.2) is 0 Å². The lowest BCUT2D eigenvalue weighted by molar-refractivity contribution is -0.0269. The molecule has 0 radical (unpaired) electrons. The van der Waals surface area contributed by atoms with E-state index in [0.717, 1.165) is 6.42 Å². The minimum atomic E-state index is -0.138. The van der Waals surface area contributed by atoms with E-state index < -0.39 is 0 Å². The molecule has 0 bridgehead atoms. The van der Waals surface area contributed by atoms with Crippen molar-refractivity contribution < 1.29 is 4.84 Å². The lowest BCUT2D eigenvalue weighted by Gasteiger charge is -2.21. The van der Waals surface area contributed by atoms with Crippen LogP contribution in [0.1, 0.15) is 85.0 Å². The molecule has 0 saturated heterocycles. The first-order chi connectivity index (χ1) is 7.62. The molecule has 0 saturated carbocycles. The number of unbranched alkanes of at least 4 members (excludes halogenated alkanes) is 8. The van der Waals surface area contributed by atoms with Gasteiger partial charge in [-0.25, -0.2) is 5.90 Å². The molecule has 0 aromatic carbocycles. The number of hydrogen-bond donors (Lipinski definition) is 1. The van der Waals surface area contributed by atoms with Crippen LogP contribution in [0.4, 0.5) is 0 Å². The van der Waals surface area contributed by atoms with Crippen LogP contribution in [-0.4, -0.2) is 5.60 Å². The fourth-order valence-corrected chi connectivity index (χ4v) is 1.92. The summed E-state index contributed by atoms with van der Waals surface area (Å²) in [5.41, 5.74) is -0.138. The number of hydrogen-bond acceptors (Lipinski definition) is 2. The van der Waals surface area contributed by atoms with Gasteiger partial charge in [0.1, 0.15) is 0 Å². The predicted molar refractivity (Wildman–Crippen MR) is 71.2 cm³/mol. The van der Waals surface area contributed by atoms with Crippen molar-refractivity contribution in [3.63, 3.8) is 0 Å². The fourth-order valence-electron chi connectivity index (χ4n) is 1.92. The summed E-state index contributed by atoms with van der Waals surface area (Å²) in [5.74, 6) is 5.22. The molecule has 0 spiro atoms. The van der Waals surface area contributed by atoms with Gasteiger partial charge in [-0.1, -0.05) is 64.7 Å². The van der Waals surface area contributed by atoms with E-state index in [1.807, 2.05) is 0 Å². The summed E-state index contributed by atoms with van der Waals surface area (Å²) in [6.07, 6.45) is 13.4. The van der Waals surface area contributed by atoms with Gasteiger partial charge in [-0.15, -0.1) is 0 Å². The summed E-state index contributed by atoms with van der Waals surface area (Å²) < 4.78 is 0. The van der Waals surface area contributed by atoms with Crippen LogP contribution < -0.4 is 5.90 Å². The Hall–Kier alpha value is -0.0800. The molecule has 0 unspecified atom stereocenters. The molecule has 0 fully saturated rings. The van der Waals surface area contributed by atoms with Crippen LogP contribution in [0.15, 0.2) is 0 Å². The standard InChI is InChI=1S/C14H31NO/c1-4-5-6-7-8-9-10-11-12-13-14(2,3)16-15/h4-13,15H2,1-3H3. The minimum Gasteiger partial charge on any atom is -0.299 e. The molecule has 0 heterocycles. The summed E-state index contributed by atoms with van der Waals surface area (Å²) in [5, 5.41) is 0. The fraction of sp³-hybridized carbons (Fsp3) is 1.00.